The summed E-state index contributed by atoms with van der Waals surface area (Å²) in [6, 6.07) is 0. The number of aliphatic hydroxyl groups excluding tert-OH is 1. The van der Waals surface area contributed by atoms with Crippen LogP contribution in [0.1, 0.15) is 103 Å². The topological polar surface area (TPSA) is 889 Å². The number of nitrogens with zero attached hydrogens (tertiary/aromatic N) is 14. The van der Waals surface area contributed by atoms with E-state index < -0.39 is 304 Å². The number of hydrogen-bond donors (Lipinski definition) is 15. The molecule has 680 valence electrons. The van der Waals surface area contributed by atoms with E-state index in [-0.39, 0.29) is 51.7 Å². The van der Waals surface area contributed by atoms with Gasteiger partial charge in [-0.1, -0.05) is 6.58 Å². The van der Waals surface area contributed by atoms with E-state index in [1.165, 1.54) is 6.92 Å². The number of aliphatic carboxylic acids is 13. The number of ketones is 1. The van der Waals surface area contributed by atoms with Gasteiger partial charge in [-0.05, 0) is 6.92 Å². The Morgan fingerprint density at radius 3 is 0.650 bits per heavy atom. The Balaban J connectivity index is 0. The van der Waals surface area contributed by atoms with Crippen molar-refractivity contribution in [1.29, 1.82) is 0 Å². The molecule has 5 heterocycles. The number of aromatic nitrogens is 15. The van der Waals surface area contributed by atoms with Crippen molar-refractivity contribution in [1.82, 2.24) is 68.9 Å². The second-order valence-electron chi connectivity index (χ2n) is 23.6. The van der Waals surface area contributed by atoms with E-state index >= 15 is 0 Å². The summed E-state index contributed by atoms with van der Waals surface area (Å²) < 4.78 is 12.6. The lowest BCUT2D eigenvalue weighted by atomic mass is 10.2. The highest BCUT2D eigenvalue weighted by Crippen LogP contribution is 1.95. The fourth-order valence-corrected chi connectivity index (χ4v) is 8.78. The van der Waals surface area contributed by atoms with Crippen molar-refractivity contribution < 1.29 is 148 Å². The van der Waals surface area contributed by atoms with E-state index in [4.69, 9.17) is 71.5 Å². The van der Waals surface area contributed by atoms with Crippen molar-refractivity contribution in [3.63, 3.8) is 0 Å². The van der Waals surface area contributed by atoms with Crippen LogP contribution in [0.15, 0.2) is 78.5 Å². The van der Waals surface area contributed by atoms with Crippen LogP contribution >= 0.6 is 0 Å². The molecule has 0 saturated heterocycles. The van der Waals surface area contributed by atoms with Gasteiger partial charge in [0.05, 0.1) is 97.0 Å². The van der Waals surface area contributed by atoms with Gasteiger partial charge in [0, 0.05) is 98.2 Å². The first kappa shape index (κ1) is 109. The zero-order valence-corrected chi connectivity index (χ0v) is 64.8. The predicted molar refractivity (Wildman–Crippen MR) is 398 cm³/mol. The number of hydrogen-bond acceptors (Lipinski definition) is 32. The smallest absolute Gasteiger partial charge is 0.340 e. The van der Waals surface area contributed by atoms with E-state index in [2.05, 4.69) is 11.3 Å². The highest BCUT2D eigenvalue weighted by Gasteiger charge is 2.22. The first-order chi connectivity index (χ1) is 57.1. The second-order valence-corrected chi connectivity index (χ2v) is 23.6. The normalized spacial score (nSPS) is 10.2. The van der Waals surface area contributed by atoms with Gasteiger partial charge in [0.25, 0.3) is 0 Å². The van der Waals surface area contributed by atoms with Gasteiger partial charge in [0.2, 0.25) is 0 Å². The number of esters is 1. The Hall–Kier alpha value is -16.0. The molecule has 5 aromatic heterocycles. The van der Waals surface area contributed by atoms with E-state index in [0.29, 0.717) is 59.4 Å². The van der Waals surface area contributed by atoms with Crippen LogP contribution in [0.4, 0.5) is 0 Å². The van der Waals surface area contributed by atoms with Crippen LogP contribution in [0.2, 0.25) is 0 Å². The van der Waals surface area contributed by atoms with Gasteiger partial charge in [-0.25, -0.2) is 136 Å². The molecule has 0 spiro atoms. The Labute approximate surface area is 677 Å². The fourth-order valence-electron chi connectivity index (χ4n) is 8.78. The number of methoxy groups -OCH3 is 1. The quantitative estimate of drug-likeness (QED) is 0.0161. The monoisotopic (exact) mass is 1770 g/mol. The number of nitrogens with one attached hydrogen (secondary N) is 1. The van der Waals surface area contributed by atoms with Crippen molar-refractivity contribution in [2.24, 2.45) is 7.05 Å². The maximum atomic E-state index is 12.3. The zero-order valence-electron chi connectivity index (χ0n) is 64.8. The summed E-state index contributed by atoms with van der Waals surface area (Å²) in [5, 5.41) is 118. The van der Waals surface area contributed by atoms with E-state index in [1.54, 1.807) is 0 Å². The SMILES string of the molecule is C=Cn1c(=O)n(CCC(=O)O)c(=O)n(CCC(=O)O)c1=O.CCn1c(=O)n(CCC(=O)O)c(=O)n(CCC(=O)O)c1=O.COC(=O)CCn1c(=O)n(CCC(=O)O)c(=O)n(CCC(=O)O)c1=O.Cn1c(=O)n(CCC(=O)O)c(=O)n(CCC(=O)O)c1=O.O=C(O)CCC(=O)CO.O=C(O)CCC(=O)O.O=C(O)CCn1c(=O)[nH]c(=O)n(CCC(=O)O)c1=O. The van der Waals surface area contributed by atoms with Crippen LogP contribution in [0.5, 0.6) is 0 Å². The van der Waals surface area contributed by atoms with Gasteiger partial charge < -0.3 is 76.2 Å². The minimum atomic E-state index is -1.27. The highest BCUT2D eigenvalue weighted by atomic mass is 16.5. The Morgan fingerprint density at radius 1 is 0.276 bits per heavy atom. The van der Waals surface area contributed by atoms with Crippen LogP contribution < -0.4 is 85.3 Å². The maximum absolute atomic E-state index is 12.3. The van der Waals surface area contributed by atoms with Crippen molar-refractivity contribution in [3.05, 3.63) is 164 Å². The summed E-state index contributed by atoms with van der Waals surface area (Å²) in [6.45, 7) is -0.463. The largest absolute Gasteiger partial charge is 0.481 e. The number of carbonyl (C=O) groups excluding carboxylic acids is 2. The molecule has 5 rings (SSSR count). The van der Waals surface area contributed by atoms with Gasteiger partial charge in [-0.15, -0.1) is 0 Å². The van der Waals surface area contributed by atoms with Gasteiger partial charge in [-0.2, -0.15) is 0 Å². The van der Waals surface area contributed by atoms with Crippen LogP contribution in [0, 0.1) is 0 Å². The molecule has 123 heavy (non-hydrogen) atoms. The first-order valence-electron chi connectivity index (χ1n) is 34.5. The van der Waals surface area contributed by atoms with E-state index in [9.17, 15) is 144 Å². The third kappa shape index (κ3) is 38.3. The minimum absolute atomic E-state index is 0.0158. The lowest BCUT2D eigenvalue weighted by molar-refractivity contribution is -0.143. The zero-order chi connectivity index (χ0) is 95.3. The van der Waals surface area contributed by atoms with Crippen molar-refractivity contribution in [3.8, 4) is 0 Å². The number of aliphatic hydroxyl groups is 1. The van der Waals surface area contributed by atoms with E-state index in [0.717, 1.165) is 24.9 Å². The fraction of sp³-hybridized carbons (Fsp3) is 0.492. The number of aromatic amines is 1. The van der Waals surface area contributed by atoms with Crippen LogP contribution in [0.25, 0.3) is 6.20 Å². The van der Waals surface area contributed by atoms with E-state index in [1.807, 2.05) is 4.98 Å². The number of carbonyl (C=O) groups is 15. The molecule has 0 fully saturated rings. The summed E-state index contributed by atoms with van der Waals surface area (Å²) in [4.78, 5) is 336. The number of rotatable bonds is 42. The number of H-pyrrole nitrogens is 1. The van der Waals surface area contributed by atoms with Gasteiger partial charge in [0.1, 0.15) is 6.61 Å². The maximum Gasteiger partial charge on any atom is 0.340 e. The van der Waals surface area contributed by atoms with Crippen molar-refractivity contribution in [2.75, 3.05) is 13.7 Å². The summed E-state index contributed by atoms with van der Waals surface area (Å²) in [5.74, 6) is -16.5. The molecule has 0 bridgehead atoms. The molecular formula is C63H83N15O45. The molecule has 5 aromatic rings. The average Bonchev–Trinajstić information content (AvgIpc) is 0.820. The molecule has 0 aromatic carbocycles. The Bertz CT molecular complexity index is 5460. The molecule has 60 nitrogen and oxygen atoms in total. The van der Waals surface area contributed by atoms with Gasteiger partial charge in [-0.3, -0.25) is 76.9 Å². The van der Waals surface area contributed by atoms with Crippen molar-refractivity contribution in [2.45, 2.75) is 182 Å². The minimum Gasteiger partial charge on any atom is -0.481 e. The van der Waals surface area contributed by atoms with Crippen LogP contribution in [0.3, 0.4) is 0 Å². The Kier molecular flexibility index (Phi) is 47.9. The lowest BCUT2D eigenvalue weighted by Gasteiger charge is -2.12. The molecule has 0 atom stereocenters. The summed E-state index contributed by atoms with van der Waals surface area (Å²) in [5.41, 5.74) is -15.1. The molecule has 0 aliphatic heterocycles. The first-order valence-corrected chi connectivity index (χ1v) is 34.5. The van der Waals surface area contributed by atoms with Crippen molar-refractivity contribution >= 4 is 95.6 Å². The molecule has 0 aliphatic rings. The number of Topliss-reactive ketones (excluding diaryl/α,β-unsaturated/α-hetero) is 1. The second kappa shape index (κ2) is 54.1. The van der Waals surface area contributed by atoms with Gasteiger partial charge in [0.15, 0.2) is 5.78 Å². The molecule has 0 amide bonds. The molecule has 0 aliphatic carbocycles. The standard InChI is InChI=1S/C13H17N3O9.C11H15N3O7.C11H13N3O7.C10H13N3O7.C9H11N3O7.C5H8O4.C4H6O4/c1-25-10(21)4-7-16-12(23)14(5-2-8(17)18)11(22)15(13(16)24)6-3-9(19)20;2*1-2-12-9(19)13(5-3-7(15)16)11(21)14(10(12)20)6-4-8(17)18;1-11-8(18)12(4-2-6(14)15)10(20)13(9(11)19)5-3-7(16)17;13-5(14)1-3-11-7(17)10-8(18)12(9(11)19)4-2-6(15)16;6-3-4(7)1-2-5(8)9;5-3(6)1-2-4(7)8/h2-7H2,1H3,(H,17,18)(H,19,20);2-6H2,1H3,(H,15,16)(H,17,18);2H,1,3-6H2,(H,15,16)(H,17,18);2-5H2,1H3,(H,14,15)(H,16,17);1-4H2,(H,13,14)(H,15,16)(H,10,17,18);6H,1-3H2,(H,8,9);1-2H2,(H,5,6)(H,7,8). The molecule has 0 unspecified atom stereocenters. The molecule has 0 saturated carbocycles. The molecule has 60 heteroatoms. The Morgan fingerprint density at radius 2 is 0.455 bits per heavy atom. The molecular weight excluding hydrogens is 1690 g/mol. The average molecular weight is 1770 g/mol. The number of carboxylic acid groups (broad SMARTS) is 13. The predicted octanol–water partition coefficient (Wildman–Crippen LogP) is -11.3. The summed E-state index contributed by atoms with van der Waals surface area (Å²) >= 11 is 0. The third-order valence-electron chi connectivity index (χ3n) is 14.9. The summed E-state index contributed by atoms with van der Waals surface area (Å²) in [7, 11) is 2.24. The number of carboxylic acids is 13. The van der Waals surface area contributed by atoms with Crippen LogP contribution in [-0.4, -0.2) is 243 Å². The van der Waals surface area contributed by atoms with Crippen LogP contribution in [-0.2, 0) is 162 Å². The van der Waals surface area contributed by atoms with Gasteiger partial charge >= 0.3 is 169 Å². The third-order valence-corrected chi connectivity index (χ3v) is 14.9. The summed E-state index contributed by atoms with van der Waals surface area (Å²) in [6.07, 6.45) is -5.22. The number of ether oxygens (including phenoxy) is 1. The lowest BCUT2D eigenvalue weighted by Crippen LogP contribution is -2.55. The molecule has 0 radical (unpaired) electrons. The molecule has 15 N–H and O–H groups in total. The highest BCUT2D eigenvalue weighted by molar-refractivity contribution is 5.83.